The van der Waals surface area contributed by atoms with Crippen LogP contribution in [0.1, 0.15) is 12.0 Å². The van der Waals surface area contributed by atoms with Gasteiger partial charge in [0.25, 0.3) is 0 Å². The Balaban J connectivity index is 2.81. The van der Waals surface area contributed by atoms with E-state index in [2.05, 4.69) is 40.4 Å². The van der Waals surface area contributed by atoms with E-state index in [1.165, 1.54) is 6.07 Å². The maximum Gasteiger partial charge on any atom is 0.137 e. The first-order valence-electron chi connectivity index (χ1n) is 3.79. The smallest absolute Gasteiger partial charge is 0.137 e. The summed E-state index contributed by atoms with van der Waals surface area (Å²) < 4.78 is 13.2. The lowest BCUT2D eigenvalue weighted by atomic mass is 10.2. The Bertz CT molecular complexity index is 352. The molecule has 0 aliphatic carbocycles. The lowest BCUT2D eigenvalue weighted by Crippen LogP contribution is -1.79. The molecule has 0 atom stereocenters. The molecule has 0 bridgehead atoms. The summed E-state index contributed by atoms with van der Waals surface area (Å²) in [5.41, 5.74) is 0.815. The third-order valence-corrected chi connectivity index (χ3v) is 2.22. The highest BCUT2D eigenvalue weighted by molar-refractivity contribution is 9.10. The number of hydrogen-bond acceptors (Lipinski definition) is 1. The summed E-state index contributed by atoms with van der Waals surface area (Å²) in [5.74, 6) is 6.33. The molecule has 0 aliphatic rings. The Hall–Kier alpha value is -0.460. The standard InChI is InChI=1S/C10H8BrFS/c11-9-7-8(3-1-2-6-13)4-5-10(9)12/h4-5,7,13H,2,6H2. The summed E-state index contributed by atoms with van der Waals surface area (Å²) in [5, 5.41) is 0. The van der Waals surface area contributed by atoms with Crippen molar-refractivity contribution in [3.05, 3.63) is 34.1 Å². The fraction of sp³-hybridized carbons (Fsp3) is 0.200. The molecule has 1 rings (SSSR count). The third-order valence-electron chi connectivity index (χ3n) is 1.39. The molecule has 0 N–H and O–H groups in total. The highest BCUT2D eigenvalue weighted by atomic mass is 79.9. The van der Waals surface area contributed by atoms with Crippen LogP contribution in [-0.2, 0) is 0 Å². The van der Waals surface area contributed by atoms with Crippen molar-refractivity contribution in [3.8, 4) is 11.8 Å². The second-order valence-electron chi connectivity index (χ2n) is 2.40. The molecular formula is C10H8BrFS. The van der Waals surface area contributed by atoms with Crippen molar-refractivity contribution >= 4 is 28.6 Å². The van der Waals surface area contributed by atoms with Gasteiger partial charge < -0.3 is 0 Å². The van der Waals surface area contributed by atoms with Crippen molar-refractivity contribution in [2.75, 3.05) is 5.75 Å². The molecule has 13 heavy (non-hydrogen) atoms. The molecule has 0 aliphatic heterocycles. The minimum absolute atomic E-state index is 0.264. The van der Waals surface area contributed by atoms with Crippen LogP contribution < -0.4 is 0 Å². The highest BCUT2D eigenvalue weighted by Gasteiger charge is 1.97. The average Bonchev–Trinajstić information content (AvgIpc) is 2.12. The van der Waals surface area contributed by atoms with Crippen molar-refractivity contribution in [2.24, 2.45) is 0 Å². The molecule has 3 heteroatoms. The predicted octanol–water partition coefficient (Wildman–Crippen LogP) is 3.26. The molecule has 1 aromatic carbocycles. The van der Waals surface area contributed by atoms with Gasteiger partial charge in [-0.15, -0.1) is 0 Å². The van der Waals surface area contributed by atoms with Gasteiger partial charge in [-0.1, -0.05) is 11.8 Å². The molecule has 0 radical (unpaired) electrons. The monoisotopic (exact) mass is 258 g/mol. The number of rotatable bonds is 1. The van der Waals surface area contributed by atoms with Gasteiger partial charge >= 0.3 is 0 Å². The van der Waals surface area contributed by atoms with E-state index in [0.717, 1.165) is 17.7 Å². The van der Waals surface area contributed by atoms with Gasteiger partial charge in [-0.2, -0.15) is 12.6 Å². The molecule has 68 valence electrons. The SMILES string of the molecule is Fc1ccc(C#CCCS)cc1Br. The van der Waals surface area contributed by atoms with Crippen LogP contribution in [0.15, 0.2) is 22.7 Å². The van der Waals surface area contributed by atoms with E-state index in [1.54, 1.807) is 12.1 Å². The second kappa shape index (κ2) is 5.31. The van der Waals surface area contributed by atoms with E-state index in [-0.39, 0.29) is 5.82 Å². The van der Waals surface area contributed by atoms with Gasteiger partial charge in [-0.25, -0.2) is 4.39 Å². The lowest BCUT2D eigenvalue weighted by molar-refractivity contribution is 0.621. The Morgan fingerprint density at radius 3 is 2.85 bits per heavy atom. The zero-order valence-electron chi connectivity index (χ0n) is 6.85. The first kappa shape index (κ1) is 10.6. The highest BCUT2D eigenvalue weighted by Crippen LogP contribution is 2.15. The van der Waals surface area contributed by atoms with Gasteiger partial charge in [0, 0.05) is 17.7 Å². The molecule has 0 unspecified atom stereocenters. The first-order valence-corrected chi connectivity index (χ1v) is 5.21. The van der Waals surface area contributed by atoms with Crippen LogP contribution in [0.3, 0.4) is 0 Å². The van der Waals surface area contributed by atoms with E-state index in [0.29, 0.717) is 4.47 Å². The molecule has 0 saturated heterocycles. The molecular weight excluding hydrogens is 251 g/mol. The van der Waals surface area contributed by atoms with E-state index in [1.807, 2.05) is 0 Å². The Morgan fingerprint density at radius 1 is 1.46 bits per heavy atom. The Labute approximate surface area is 91.1 Å². The number of thiol groups is 1. The minimum Gasteiger partial charge on any atom is -0.206 e. The number of halogens is 2. The van der Waals surface area contributed by atoms with E-state index in [9.17, 15) is 4.39 Å². The van der Waals surface area contributed by atoms with Crippen molar-refractivity contribution in [2.45, 2.75) is 6.42 Å². The summed E-state index contributed by atoms with van der Waals surface area (Å²) in [4.78, 5) is 0. The number of benzene rings is 1. The van der Waals surface area contributed by atoms with Crippen molar-refractivity contribution in [3.63, 3.8) is 0 Å². The molecule has 0 spiro atoms. The summed E-state index contributed by atoms with van der Waals surface area (Å²) >= 11 is 7.13. The van der Waals surface area contributed by atoms with Gasteiger partial charge in [-0.05, 0) is 34.1 Å². The molecule has 0 amide bonds. The molecule has 0 saturated carbocycles. The van der Waals surface area contributed by atoms with Crippen molar-refractivity contribution < 1.29 is 4.39 Å². The molecule has 0 fully saturated rings. The van der Waals surface area contributed by atoms with Gasteiger partial charge in [0.15, 0.2) is 0 Å². The van der Waals surface area contributed by atoms with Crippen molar-refractivity contribution in [1.82, 2.24) is 0 Å². The third kappa shape index (κ3) is 3.41. The molecule has 0 nitrogen and oxygen atoms in total. The van der Waals surface area contributed by atoms with Gasteiger partial charge in [0.1, 0.15) is 5.82 Å². The van der Waals surface area contributed by atoms with Crippen LogP contribution in [0.5, 0.6) is 0 Å². The van der Waals surface area contributed by atoms with Crippen molar-refractivity contribution in [1.29, 1.82) is 0 Å². The molecule has 1 aromatic rings. The number of hydrogen-bond donors (Lipinski definition) is 1. The van der Waals surface area contributed by atoms with Gasteiger partial charge in [-0.3, -0.25) is 0 Å². The van der Waals surface area contributed by atoms with Gasteiger partial charge in [0.2, 0.25) is 0 Å². The molecule has 0 heterocycles. The van der Waals surface area contributed by atoms with Crippen LogP contribution >= 0.6 is 28.6 Å². The van der Waals surface area contributed by atoms with Crippen LogP contribution in [0, 0.1) is 17.7 Å². The van der Waals surface area contributed by atoms with E-state index >= 15 is 0 Å². The summed E-state index contributed by atoms with van der Waals surface area (Å²) in [6.45, 7) is 0. The second-order valence-corrected chi connectivity index (χ2v) is 3.71. The Kier molecular flexibility index (Phi) is 4.34. The zero-order valence-corrected chi connectivity index (χ0v) is 9.33. The maximum atomic E-state index is 12.8. The summed E-state index contributed by atoms with van der Waals surface area (Å²) in [7, 11) is 0. The summed E-state index contributed by atoms with van der Waals surface area (Å²) in [6.07, 6.45) is 0.748. The lowest BCUT2D eigenvalue weighted by Gasteiger charge is -1.93. The first-order chi connectivity index (χ1) is 6.24. The predicted molar refractivity (Wildman–Crippen MR) is 59.4 cm³/mol. The van der Waals surface area contributed by atoms with Gasteiger partial charge in [0.05, 0.1) is 4.47 Å². The minimum atomic E-state index is -0.264. The van der Waals surface area contributed by atoms with Crippen LogP contribution in [0.4, 0.5) is 4.39 Å². The van der Waals surface area contributed by atoms with Crippen LogP contribution in [0.25, 0.3) is 0 Å². The van der Waals surface area contributed by atoms with Crippen LogP contribution in [-0.4, -0.2) is 5.75 Å². The quantitative estimate of drug-likeness (QED) is 0.580. The van der Waals surface area contributed by atoms with E-state index < -0.39 is 0 Å². The summed E-state index contributed by atoms with van der Waals surface area (Å²) in [6, 6.07) is 4.72. The zero-order chi connectivity index (χ0) is 9.68. The normalized spacial score (nSPS) is 9.15. The fourth-order valence-corrected chi connectivity index (χ4v) is 1.28. The molecule has 0 aromatic heterocycles. The Morgan fingerprint density at radius 2 is 2.23 bits per heavy atom. The van der Waals surface area contributed by atoms with E-state index in [4.69, 9.17) is 0 Å². The topological polar surface area (TPSA) is 0 Å². The largest absolute Gasteiger partial charge is 0.206 e. The fourth-order valence-electron chi connectivity index (χ4n) is 0.794. The average molecular weight is 259 g/mol. The maximum absolute atomic E-state index is 12.8. The van der Waals surface area contributed by atoms with Crippen LogP contribution in [0.2, 0.25) is 0 Å².